The second-order valence-electron chi connectivity index (χ2n) is 4.43. The van der Waals surface area contributed by atoms with Crippen LogP contribution in [0.3, 0.4) is 0 Å². The Balaban J connectivity index is 2.24. The number of carboxylic acids is 1. The van der Waals surface area contributed by atoms with E-state index < -0.39 is 5.97 Å². The fourth-order valence-corrected chi connectivity index (χ4v) is 2.11. The molecule has 0 aliphatic rings. The predicted octanol–water partition coefficient (Wildman–Crippen LogP) is 4.51. The summed E-state index contributed by atoms with van der Waals surface area (Å²) in [4.78, 5) is 10.8. The van der Waals surface area contributed by atoms with Crippen molar-refractivity contribution in [2.45, 2.75) is 13.8 Å². The Morgan fingerprint density at radius 2 is 1.58 bits per heavy atom. The summed E-state index contributed by atoms with van der Waals surface area (Å²) in [5, 5.41) is 12.1. The molecule has 2 N–H and O–H groups in total. The molecule has 0 unspecified atom stereocenters. The minimum absolute atomic E-state index is 0.286. The number of anilines is 2. The van der Waals surface area contributed by atoms with Crippen LogP contribution in [0.4, 0.5) is 11.4 Å². The van der Waals surface area contributed by atoms with Crippen LogP contribution in [-0.2, 0) is 0 Å². The van der Waals surface area contributed by atoms with E-state index in [0.717, 1.165) is 27.0 Å². The molecule has 0 radical (unpaired) electrons. The molecule has 4 heteroatoms. The number of halogens is 1. The van der Waals surface area contributed by atoms with Gasteiger partial charge in [-0.25, -0.2) is 4.79 Å². The molecular formula is C15H14BrNO2. The van der Waals surface area contributed by atoms with Crippen LogP contribution < -0.4 is 5.32 Å². The monoisotopic (exact) mass is 319 g/mol. The molecule has 0 saturated carbocycles. The van der Waals surface area contributed by atoms with Crippen LogP contribution in [0.5, 0.6) is 0 Å². The van der Waals surface area contributed by atoms with Gasteiger partial charge in [-0.2, -0.15) is 0 Å². The van der Waals surface area contributed by atoms with Crippen LogP contribution in [0.25, 0.3) is 0 Å². The normalized spacial score (nSPS) is 10.3. The summed E-state index contributed by atoms with van der Waals surface area (Å²) in [6, 6.07) is 10.8. The van der Waals surface area contributed by atoms with Crippen LogP contribution in [0, 0.1) is 13.8 Å². The summed E-state index contributed by atoms with van der Waals surface area (Å²) in [5.74, 6) is -0.915. The van der Waals surface area contributed by atoms with Gasteiger partial charge in [0.2, 0.25) is 0 Å². The molecule has 0 aliphatic heterocycles. The van der Waals surface area contributed by atoms with Crippen molar-refractivity contribution in [3.8, 4) is 0 Å². The summed E-state index contributed by atoms with van der Waals surface area (Å²) < 4.78 is 1.11. The van der Waals surface area contributed by atoms with Crippen molar-refractivity contribution in [2.24, 2.45) is 0 Å². The Morgan fingerprint density at radius 3 is 2.05 bits per heavy atom. The first-order valence-electron chi connectivity index (χ1n) is 5.84. The van der Waals surface area contributed by atoms with Crippen molar-refractivity contribution in [3.05, 3.63) is 57.6 Å². The highest BCUT2D eigenvalue weighted by molar-refractivity contribution is 9.10. The highest BCUT2D eigenvalue weighted by Gasteiger charge is 2.04. The molecule has 19 heavy (non-hydrogen) atoms. The maximum absolute atomic E-state index is 10.8. The lowest BCUT2D eigenvalue weighted by Gasteiger charge is -2.10. The molecule has 0 spiro atoms. The minimum atomic E-state index is -0.915. The number of hydrogen-bond donors (Lipinski definition) is 2. The van der Waals surface area contributed by atoms with E-state index >= 15 is 0 Å². The Hall–Kier alpha value is -1.81. The Labute approximate surface area is 120 Å². The van der Waals surface area contributed by atoms with Crippen LogP contribution in [0.1, 0.15) is 21.5 Å². The third-order valence-corrected chi connectivity index (χ3v) is 4.11. The summed E-state index contributed by atoms with van der Waals surface area (Å²) in [7, 11) is 0. The van der Waals surface area contributed by atoms with E-state index in [4.69, 9.17) is 5.11 Å². The Kier molecular flexibility index (Phi) is 3.90. The Bertz CT molecular complexity index is 598. The van der Waals surface area contributed by atoms with E-state index in [0.29, 0.717) is 0 Å². The second kappa shape index (κ2) is 5.45. The largest absolute Gasteiger partial charge is 0.478 e. The first kappa shape index (κ1) is 13.6. The zero-order valence-corrected chi connectivity index (χ0v) is 12.3. The summed E-state index contributed by atoms with van der Waals surface area (Å²) in [5.41, 5.74) is 4.45. The Morgan fingerprint density at radius 1 is 1.05 bits per heavy atom. The molecule has 98 valence electrons. The van der Waals surface area contributed by atoms with E-state index in [2.05, 4.69) is 21.2 Å². The molecular weight excluding hydrogens is 306 g/mol. The third kappa shape index (κ3) is 3.15. The van der Waals surface area contributed by atoms with Crippen LogP contribution in [0.15, 0.2) is 40.9 Å². The number of carboxylic acid groups (broad SMARTS) is 1. The second-order valence-corrected chi connectivity index (χ2v) is 5.22. The SMILES string of the molecule is Cc1cc(Nc2ccc(C(=O)O)cc2)cc(C)c1Br. The van der Waals surface area contributed by atoms with Gasteiger partial charge >= 0.3 is 5.97 Å². The van der Waals surface area contributed by atoms with Gasteiger partial charge in [-0.15, -0.1) is 0 Å². The van der Waals surface area contributed by atoms with Crippen molar-refractivity contribution < 1.29 is 9.90 Å². The molecule has 3 nitrogen and oxygen atoms in total. The lowest BCUT2D eigenvalue weighted by atomic mass is 10.1. The summed E-state index contributed by atoms with van der Waals surface area (Å²) in [6.45, 7) is 4.07. The fraction of sp³-hybridized carbons (Fsp3) is 0.133. The number of hydrogen-bond acceptors (Lipinski definition) is 2. The molecule has 0 heterocycles. The first-order valence-corrected chi connectivity index (χ1v) is 6.64. The maximum Gasteiger partial charge on any atom is 0.335 e. The number of rotatable bonds is 3. The predicted molar refractivity (Wildman–Crippen MR) is 80.3 cm³/mol. The summed E-state index contributed by atoms with van der Waals surface area (Å²) >= 11 is 3.53. The molecule has 0 atom stereocenters. The van der Waals surface area contributed by atoms with Crippen LogP contribution >= 0.6 is 15.9 Å². The zero-order valence-electron chi connectivity index (χ0n) is 10.7. The van der Waals surface area contributed by atoms with E-state index in [-0.39, 0.29) is 5.56 Å². The molecule has 0 saturated heterocycles. The number of aromatic carboxylic acids is 1. The topological polar surface area (TPSA) is 49.3 Å². The third-order valence-electron chi connectivity index (χ3n) is 2.86. The lowest BCUT2D eigenvalue weighted by molar-refractivity contribution is 0.0697. The van der Waals surface area contributed by atoms with Crippen molar-refractivity contribution in [1.29, 1.82) is 0 Å². The van der Waals surface area contributed by atoms with Crippen LogP contribution in [-0.4, -0.2) is 11.1 Å². The highest BCUT2D eigenvalue weighted by Crippen LogP contribution is 2.27. The van der Waals surface area contributed by atoms with Crippen molar-refractivity contribution in [1.82, 2.24) is 0 Å². The van der Waals surface area contributed by atoms with Crippen LogP contribution in [0.2, 0.25) is 0 Å². The van der Waals surface area contributed by atoms with Gasteiger partial charge in [-0.05, 0) is 61.4 Å². The van der Waals surface area contributed by atoms with E-state index in [1.165, 1.54) is 0 Å². The zero-order chi connectivity index (χ0) is 14.0. The van der Waals surface area contributed by atoms with Gasteiger partial charge in [-0.1, -0.05) is 15.9 Å². The van der Waals surface area contributed by atoms with Gasteiger partial charge in [0.05, 0.1) is 5.56 Å². The first-order chi connectivity index (χ1) is 8.97. The molecule has 0 aliphatic carbocycles. The van der Waals surface area contributed by atoms with Crippen molar-refractivity contribution >= 4 is 33.3 Å². The van der Waals surface area contributed by atoms with Gasteiger partial charge in [0.15, 0.2) is 0 Å². The minimum Gasteiger partial charge on any atom is -0.478 e. The van der Waals surface area contributed by atoms with Gasteiger partial charge in [0.25, 0.3) is 0 Å². The maximum atomic E-state index is 10.8. The van der Waals surface area contributed by atoms with E-state index in [1.807, 2.05) is 26.0 Å². The van der Waals surface area contributed by atoms with Gasteiger partial charge in [0.1, 0.15) is 0 Å². The molecule has 2 rings (SSSR count). The number of carbonyl (C=O) groups is 1. The molecule has 0 amide bonds. The smallest absolute Gasteiger partial charge is 0.335 e. The molecule has 0 fully saturated rings. The average Bonchev–Trinajstić information content (AvgIpc) is 2.36. The summed E-state index contributed by atoms with van der Waals surface area (Å²) in [6.07, 6.45) is 0. The lowest BCUT2D eigenvalue weighted by Crippen LogP contribution is -1.97. The average molecular weight is 320 g/mol. The van der Waals surface area contributed by atoms with Gasteiger partial charge < -0.3 is 10.4 Å². The quantitative estimate of drug-likeness (QED) is 0.875. The number of nitrogens with one attached hydrogen (secondary N) is 1. The molecule has 0 bridgehead atoms. The highest BCUT2D eigenvalue weighted by atomic mass is 79.9. The van der Waals surface area contributed by atoms with Gasteiger partial charge in [0, 0.05) is 15.8 Å². The van der Waals surface area contributed by atoms with E-state index in [1.54, 1.807) is 24.3 Å². The molecule has 2 aromatic carbocycles. The van der Waals surface area contributed by atoms with Crippen molar-refractivity contribution in [3.63, 3.8) is 0 Å². The van der Waals surface area contributed by atoms with E-state index in [9.17, 15) is 4.79 Å². The van der Waals surface area contributed by atoms with Gasteiger partial charge in [-0.3, -0.25) is 0 Å². The number of aryl methyl sites for hydroxylation is 2. The molecule has 2 aromatic rings. The van der Waals surface area contributed by atoms with Crippen molar-refractivity contribution in [2.75, 3.05) is 5.32 Å². The number of benzene rings is 2. The standard InChI is InChI=1S/C15H14BrNO2/c1-9-7-13(8-10(2)14(9)16)17-12-5-3-11(4-6-12)15(18)19/h3-8,17H,1-2H3,(H,18,19). The fourth-order valence-electron chi connectivity index (χ4n) is 1.88. The molecule has 0 aromatic heterocycles.